The summed E-state index contributed by atoms with van der Waals surface area (Å²) in [6.07, 6.45) is 1.17. The number of carbonyl (C=O) groups is 1. The number of hydrogen-bond acceptors (Lipinski definition) is 5. The fourth-order valence-electron chi connectivity index (χ4n) is 4.05. The molecule has 0 saturated heterocycles. The lowest BCUT2D eigenvalue weighted by Gasteiger charge is -2.25. The van der Waals surface area contributed by atoms with Gasteiger partial charge in [0.05, 0.1) is 11.4 Å². The minimum absolute atomic E-state index is 0.0165. The Balaban J connectivity index is 1.53. The molecule has 1 amide bonds. The topological polar surface area (TPSA) is 116 Å². The molecular formula is C29H27FN4O3S. The van der Waals surface area contributed by atoms with Gasteiger partial charge in [-0.1, -0.05) is 54.6 Å². The smallest absolute Gasteiger partial charge is 0.243 e. The number of amidine groups is 1. The van der Waals surface area contributed by atoms with Crippen LogP contribution in [-0.2, 0) is 21.2 Å². The van der Waals surface area contributed by atoms with Gasteiger partial charge in [0.25, 0.3) is 0 Å². The average molecular weight is 531 g/mol. The van der Waals surface area contributed by atoms with Crippen molar-refractivity contribution < 1.29 is 17.6 Å². The Morgan fingerprint density at radius 1 is 0.947 bits per heavy atom. The van der Waals surface area contributed by atoms with Gasteiger partial charge in [-0.3, -0.25) is 10.2 Å². The van der Waals surface area contributed by atoms with Crippen LogP contribution in [0.15, 0.2) is 102 Å². The second kappa shape index (κ2) is 11.3. The van der Waals surface area contributed by atoms with Crippen molar-refractivity contribution in [1.82, 2.24) is 0 Å². The van der Waals surface area contributed by atoms with Crippen LogP contribution >= 0.6 is 0 Å². The van der Waals surface area contributed by atoms with Gasteiger partial charge in [0.15, 0.2) is 9.84 Å². The van der Waals surface area contributed by atoms with Gasteiger partial charge in [0, 0.05) is 35.3 Å². The van der Waals surface area contributed by atoms with Gasteiger partial charge in [0.1, 0.15) is 11.7 Å². The van der Waals surface area contributed by atoms with E-state index < -0.39 is 9.84 Å². The number of anilines is 2. The summed E-state index contributed by atoms with van der Waals surface area (Å²) in [6, 6.07) is 26.8. The summed E-state index contributed by atoms with van der Waals surface area (Å²) in [6.45, 7) is 0.313. The molecule has 0 saturated carbocycles. The molecule has 38 heavy (non-hydrogen) atoms. The number of nitrogens with one attached hydrogen (secondary N) is 2. The number of carbonyl (C=O) groups excluding carboxylic acids is 1. The molecule has 4 N–H and O–H groups in total. The van der Waals surface area contributed by atoms with E-state index in [0.29, 0.717) is 34.6 Å². The third-order valence-corrected chi connectivity index (χ3v) is 7.06. The highest BCUT2D eigenvalue weighted by molar-refractivity contribution is 7.90. The average Bonchev–Trinajstić information content (AvgIpc) is 2.89. The summed E-state index contributed by atoms with van der Waals surface area (Å²) < 4.78 is 37.7. The van der Waals surface area contributed by atoms with Crippen LogP contribution in [0.1, 0.15) is 11.1 Å². The highest BCUT2D eigenvalue weighted by Gasteiger charge is 2.16. The van der Waals surface area contributed by atoms with Crippen LogP contribution in [0.2, 0.25) is 0 Å². The van der Waals surface area contributed by atoms with Crippen LogP contribution in [0.4, 0.5) is 15.8 Å². The van der Waals surface area contributed by atoms with Gasteiger partial charge in [-0.15, -0.1) is 0 Å². The molecule has 0 heterocycles. The molecule has 0 aliphatic heterocycles. The van der Waals surface area contributed by atoms with E-state index in [1.807, 2.05) is 11.0 Å². The lowest BCUT2D eigenvalue weighted by atomic mass is 10.1. The highest BCUT2D eigenvalue weighted by Crippen LogP contribution is 2.28. The number of benzene rings is 4. The zero-order valence-corrected chi connectivity index (χ0v) is 21.5. The number of nitrogens with two attached hydrogens (primary N) is 1. The van der Waals surface area contributed by atoms with E-state index in [-0.39, 0.29) is 29.0 Å². The Bertz CT molecular complexity index is 1570. The van der Waals surface area contributed by atoms with Crippen LogP contribution in [0.5, 0.6) is 0 Å². The van der Waals surface area contributed by atoms with Crippen LogP contribution in [0.25, 0.3) is 11.1 Å². The molecule has 0 bridgehead atoms. The minimum atomic E-state index is -3.40. The van der Waals surface area contributed by atoms with Crippen LogP contribution in [-0.4, -0.2) is 33.0 Å². The third-order valence-electron chi connectivity index (χ3n) is 5.91. The van der Waals surface area contributed by atoms with Crippen molar-refractivity contribution in [2.24, 2.45) is 5.73 Å². The van der Waals surface area contributed by atoms with Crippen molar-refractivity contribution in [3.63, 3.8) is 0 Å². The third kappa shape index (κ3) is 6.63. The number of hydrogen-bond donors (Lipinski definition) is 3. The van der Waals surface area contributed by atoms with Crippen LogP contribution < -0.4 is 16.0 Å². The summed E-state index contributed by atoms with van der Waals surface area (Å²) >= 11 is 0. The second-order valence-corrected chi connectivity index (χ2v) is 10.8. The van der Waals surface area contributed by atoms with E-state index in [1.165, 1.54) is 18.4 Å². The molecule has 194 valence electrons. The van der Waals surface area contributed by atoms with Crippen molar-refractivity contribution in [2.75, 3.05) is 23.0 Å². The lowest BCUT2D eigenvalue weighted by molar-refractivity contribution is -0.115. The number of sulfone groups is 1. The Kier molecular flexibility index (Phi) is 7.87. The molecule has 0 aromatic heterocycles. The molecule has 4 rings (SSSR count). The molecule has 0 spiro atoms. The first-order valence-electron chi connectivity index (χ1n) is 11.7. The lowest BCUT2D eigenvalue weighted by Crippen LogP contribution is -2.33. The van der Waals surface area contributed by atoms with Crippen LogP contribution in [0, 0.1) is 11.2 Å². The molecule has 4 aromatic rings. The van der Waals surface area contributed by atoms with E-state index in [4.69, 9.17) is 11.1 Å². The molecule has 4 aromatic carbocycles. The first-order valence-corrected chi connectivity index (χ1v) is 13.6. The number of nitrogen functional groups attached to an aromatic ring is 1. The summed E-state index contributed by atoms with van der Waals surface area (Å²) in [7, 11) is -3.40. The normalized spacial score (nSPS) is 11.1. The molecule has 0 aliphatic rings. The van der Waals surface area contributed by atoms with Gasteiger partial charge >= 0.3 is 0 Å². The maximum atomic E-state index is 13.4. The molecule has 0 fully saturated rings. The number of rotatable bonds is 9. The van der Waals surface area contributed by atoms with Gasteiger partial charge in [-0.05, 0) is 53.6 Å². The molecule has 0 aliphatic carbocycles. The van der Waals surface area contributed by atoms with E-state index in [9.17, 15) is 17.6 Å². The maximum absolute atomic E-state index is 13.4. The predicted octanol–water partition coefficient (Wildman–Crippen LogP) is 4.83. The fraction of sp³-hybridized carbons (Fsp3) is 0.103. The van der Waals surface area contributed by atoms with Gasteiger partial charge < -0.3 is 16.0 Å². The van der Waals surface area contributed by atoms with Crippen molar-refractivity contribution >= 4 is 33.0 Å². The first-order chi connectivity index (χ1) is 18.1. The Labute approximate surface area is 221 Å². The SMILES string of the molecule is CS(=O)(=O)c1ccccc1-c1ccc(NC(=O)CN(Cc2ccc(F)cc2)c2cccc(C(=N)N)c2)cc1. The summed E-state index contributed by atoms with van der Waals surface area (Å²) in [5.41, 5.74) is 9.52. The maximum Gasteiger partial charge on any atom is 0.243 e. The zero-order valence-electron chi connectivity index (χ0n) is 20.7. The molecular weight excluding hydrogens is 503 g/mol. The summed E-state index contributed by atoms with van der Waals surface area (Å²) in [5.74, 6) is -0.723. The Hall–Kier alpha value is -4.50. The van der Waals surface area contributed by atoms with E-state index in [0.717, 1.165) is 5.56 Å². The monoisotopic (exact) mass is 530 g/mol. The van der Waals surface area contributed by atoms with Crippen LogP contribution in [0.3, 0.4) is 0 Å². The second-order valence-electron chi connectivity index (χ2n) is 8.84. The van der Waals surface area contributed by atoms with E-state index in [2.05, 4.69) is 5.32 Å². The molecule has 0 unspecified atom stereocenters. The Morgan fingerprint density at radius 3 is 2.29 bits per heavy atom. The fourth-order valence-corrected chi connectivity index (χ4v) is 4.97. The number of nitrogens with zero attached hydrogens (tertiary/aromatic N) is 1. The van der Waals surface area contributed by atoms with Gasteiger partial charge in [0.2, 0.25) is 5.91 Å². The quantitative estimate of drug-likeness (QED) is 0.212. The molecule has 9 heteroatoms. The molecule has 7 nitrogen and oxygen atoms in total. The van der Waals surface area contributed by atoms with E-state index in [1.54, 1.807) is 78.9 Å². The minimum Gasteiger partial charge on any atom is -0.384 e. The first kappa shape index (κ1) is 26.6. The largest absolute Gasteiger partial charge is 0.384 e. The van der Waals surface area contributed by atoms with E-state index >= 15 is 0 Å². The standard InChI is InChI=1S/C29H27FN4O3S/c1-38(36,37)27-8-3-2-7-26(27)21-11-15-24(16-12-21)33-28(35)19-34(18-20-9-13-23(30)14-10-20)25-6-4-5-22(17-25)29(31)32/h2-17H,18-19H2,1H3,(H3,31,32)(H,33,35). The van der Waals surface area contributed by atoms with Crippen molar-refractivity contribution in [1.29, 1.82) is 5.41 Å². The van der Waals surface area contributed by atoms with Crippen molar-refractivity contribution in [3.05, 3.63) is 114 Å². The van der Waals surface area contributed by atoms with Crippen molar-refractivity contribution in [2.45, 2.75) is 11.4 Å². The molecule has 0 radical (unpaired) electrons. The Morgan fingerprint density at radius 2 is 1.63 bits per heavy atom. The zero-order chi connectivity index (χ0) is 27.3. The van der Waals surface area contributed by atoms with Gasteiger partial charge in [-0.25, -0.2) is 12.8 Å². The molecule has 0 atom stereocenters. The number of amides is 1. The predicted molar refractivity (Wildman–Crippen MR) is 149 cm³/mol. The number of halogens is 1. The van der Waals surface area contributed by atoms with Crippen molar-refractivity contribution in [3.8, 4) is 11.1 Å². The highest BCUT2D eigenvalue weighted by atomic mass is 32.2. The summed E-state index contributed by atoms with van der Waals surface area (Å²) in [5, 5.41) is 10.6. The summed E-state index contributed by atoms with van der Waals surface area (Å²) in [4.78, 5) is 15.1. The van der Waals surface area contributed by atoms with Gasteiger partial charge in [-0.2, -0.15) is 0 Å².